The number of hydrogen-bond donors (Lipinski definition) is 2. The molecule has 136 valence electrons. The molecule has 5 nitrogen and oxygen atoms in total. The smallest absolute Gasteiger partial charge is 0.255 e. The molecule has 4 bridgehead atoms. The summed E-state index contributed by atoms with van der Waals surface area (Å²) >= 11 is 0. The predicted molar refractivity (Wildman–Crippen MR) is 96.6 cm³/mol. The molecule has 1 aromatic heterocycles. The minimum atomic E-state index is -0.150. The standard InChI is InChI=1S/C20H29N3O2/c24-18-7-16-2-1-3-17(8-18)22(16)12-14-4-5-19-15-6-13(9-21-10-15)11-23(19)20(14)25/h4-5,13,15-18,21,24H,1-3,6-12H2/t13-,15+,16-,17+,18?/m0/s1. The first-order valence-electron chi connectivity index (χ1n) is 10.1. The molecule has 0 spiro atoms. The van der Waals surface area contributed by atoms with Crippen LogP contribution in [0, 0.1) is 5.92 Å². The predicted octanol–water partition coefficient (Wildman–Crippen LogP) is 1.43. The number of fused-ring (bicyclic) bond motifs is 6. The zero-order chi connectivity index (χ0) is 17.0. The van der Waals surface area contributed by atoms with Crippen molar-refractivity contribution < 1.29 is 5.11 Å². The van der Waals surface area contributed by atoms with Crippen molar-refractivity contribution in [2.24, 2.45) is 5.92 Å². The topological polar surface area (TPSA) is 57.5 Å². The number of aliphatic hydroxyl groups is 1. The highest BCUT2D eigenvalue weighted by Gasteiger charge is 2.38. The molecule has 5 atom stereocenters. The molecular weight excluding hydrogens is 314 g/mol. The number of nitrogens with one attached hydrogen (secondary N) is 1. The molecule has 2 N–H and O–H groups in total. The van der Waals surface area contributed by atoms with E-state index in [1.54, 1.807) is 0 Å². The quantitative estimate of drug-likeness (QED) is 0.853. The first-order valence-corrected chi connectivity index (χ1v) is 10.1. The van der Waals surface area contributed by atoms with Crippen molar-refractivity contribution in [1.82, 2.24) is 14.8 Å². The molecule has 25 heavy (non-hydrogen) atoms. The number of rotatable bonds is 2. The van der Waals surface area contributed by atoms with E-state index < -0.39 is 0 Å². The largest absolute Gasteiger partial charge is 0.393 e. The fourth-order valence-corrected chi connectivity index (χ4v) is 5.86. The summed E-state index contributed by atoms with van der Waals surface area (Å²) < 4.78 is 2.07. The van der Waals surface area contributed by atoms with E-state index in [0.717, 1.165) is 57.4 Å². The van der Waals surface area contributed by atoms with Crippen LogP contribution in [0.3, 0.4) is 0 Å². The summed E-state index contributed by atoms with van der Waals surface area (Å²) in [6.07, 6.45) is 6.41. The van der Waals surface area contributed by atoms with E-state index in [1.165, 1.54) is 18.5 Å². The maximum absolute atomic E-state index is 13.2. The van der Waals surface area contributed by atoms with Crippen LogP contribution < -0.4 is 10.9 Å². The van der Waals surface area contributed by atoms with Gasteiger partial charge in [0.1, 0.15) is 0 Å². The van der Waals surface area contributed by atoms with Crippen LogP contribution in [-0.4, -0.2) is 45.9 Å². The second-order valence-corrected chi connectivity index (χ2v) is 8.69. The number of hydrogen-bond acceptors (Lipinski definition) is 4. The summed E-state index contributed by atoms with van der Waals surface area (Å²) in [4.78, 5) is 15.7. The highest BCUT2D eigenvalue weighted by molar-refractivity contribution is 5.22. The zero-order valence-corrected chi connectivity index (χ0v) is 14.9. The fraction of sp³-hybridized carbons (Fsp3) is 0.750. The second kappa shape index (κ2) is 6.22. The van der Waals surface area contributed by atoms with E-state index in [2.05, 4.69) is 26.9 Å². The van der Waals surface area contributed by atoms with Crippen LogP contribution in [0.4, 0.5) is 0 Å². The summed E-state index contributed by atoms with van der Waals surface area (Å²) in [5, 5.41) is 13.6. The molecular formula is C20H29N3O2. The van der Waals surface area contributed by atoms with Crippen LogP contribution in [0.1, 0.15) is 55.7 Å². The Hall–Kier alpha value is -1.17. The number of aromatic nitrogens is 1. The van der Waals surface area contributed by atoms with Gasteiger partial charge in [0.15, 0.2) is 0 Å². The van der Waals surface area contributed by atoms with Crippen LogP contribution in [0.2, 0.25) is 0 Å². The molecule has 3 fully saturated rings. The molecule has 3 saturated heterocycles. The van der Waals surface area contributed by atoms with E-state index in [4.69, 9.17) is 0 Å². The number of pyridine rings is 1. The molecule has 5 heteroatoms. The van der Waals surface area contributed by atoms with Crippen LogP contribution in [-0.2, 0) is 13.1 Å². The van der Waals surface area contributed by atoms with Crippen molar-refractivity contribution in [2.75, 3.05) is 13.1 Å². The van der Waals surface area contributed by atoms with Gasteiger partial charge in [0.25, 0.3) is 5.56 Å². The SMILES string of the molecule is O=c1c(CN2[C@@H]3CCC[C@H]2CC(O)C3)ccc2n1C[C@@H]1CNC[C@H]2C1. The van der Waals surface area contributed by atoms with Gasteiger partial charge in [-0.25, -0.2) is 0 Å². The fourth-order valence-electron chi connectivity index (χ4n) is 5.86. The van der Waals surface area contributed by atoms with Crippen molar-refractivity contribution in [3.8, 4) is 0 Å². The van der Waals surface area contributed by atoms with E-state index in [-0.39, 0.29) is 11.7 Å². The van der Waals surface area contributed by atoms with Crippen molar-refractivity contribution >= 4 is 0 Å². The van der Waals surface area contributed by atoms with Crippen molar-refractivity contribution in [2.45, 2.75) is 75.7 Å². The summed E-state index contributed by atoms with van der Waals surface area (Å²) in [5.74, 6) is 1.10. The van der Waals surface area contributed by atoms with Gasteiger partial charge in [0.05, 0.1) is 6.10 Å². The lowest BCUT2D eigenvalue weighted by Gasteiger charge is -2.48. The molecule has 0 aromatic carbocycles. The van der Waals surface area contributed by atoms with Gasteiger partial charge in [0, 0.05) is 48.9 Å². The highest BCUT2D eigenvalue weighted by Crippen LogP contribution is 2.35. The lowest BCUT2D eigenvalue weighted by molar-refractivity contribution is -0.0315. The second-order valence-electron chi connectivity index (χ2n) is 8.69. The maximum atomic E-state index is 13.2. The molecule has 0 amide bonds. The van der Waals surface area contributed by atoms with Crippen molar-refractivity contribution in [3.63, 3.8) is 0 Å². The van der Waals surface area contributed by atoms with Crippen LogP contribution >= 0.6 is 0 Å². The summed E-state index contributed by atoms with van der Waals surface area (Å²) in [6.45, 7) is 3.68. The number of piperidine rings is 3. The van der Waals surface area contributed by atoms with Gasteiger partial charge >= 0.3 is 0 Å². The molecule has 4 aliphatic rings. The van der Waals surface area contributed by atoms with Gasteiger partial charge < -0.3 is 15.0 Å². The number of aliphatic hydroxyl groups excluding tert-OH is 1. The average molecular weight is 343 g/mol. The maximum Gasteiger partial charge on any atom is 0.255 e. The zero-order valence-electron chi connectivity index (χ0n) is 14.9. The normalized spacial score (nSPS) is 37.6. The molecule has 5 rings (SSSR count). The number of nitrogens with zero attached hydrogens (tertiary/aromatic N) is 2. The van der Waals surface area contributed by atoms with Gasteiger partial charge in [-0.2, -0.15) is 0 Å². The van der Waals surface area contributed by atoms with E-state index in [9.17, 15) is 9.90 Å². The van der Waals surface area contributed by atoms with Crippen LogP contribution in [0.5, 0.6) is 0 Å². The minimum absolute atomic E-state index is 0.150. The van der Waals surface area contributed by atoms with E-state index in [0.29, 0.717) is 23.9 Å². The third kappa shape index (κ3) is 2.77. The van der Waals surface area contributed by atoms with E-state index >= 15 is 0 Å². The Morgan fingerprint density at radius 1 is 1.12 bits per heavy atom. The Balaban J connectivity index is 1.44. The molecule has 1 unspecified atom stereocenters. The Kier molecular flexibility index (Phi) is 3.99. The summed E-state index contributed by atoms with van der Waals surface area (Å²) in [7, 11) is 0. The molecule has 0 radical (unpaired) electrons. The average Bonchev–Trinajstić information content (AvgIpc) is 2.59. The molecule has 1 aromatic rings. The monoisotopic (exact) mass is 343 g/mol. The van der Waals surface area contributed by atoms with Crippen molar-refractivity contribution in [1.29, 1.82) is 0 Å². The summed E-state index contributed by atoms with van der Waals surface area (Å²) in [6, 6.07) is 5.20. The summed E-state index contributed by atoms with van der Waals surface area (Å²) in [5.41, 5.74) is 2.41. The van der Waals surface area contributed by atoms with Gasteiger partial charge in [-0.15, -0.1) is 0 Å². The van der Waals surface area contributed by atoms with Crippen LogP contribution in [0.15, 0.2) is 16.9 Å². The first kappa shape index (κ1) is 16.0. The van der Waals surface area contributed by atoms with Crippen molar-refractivity contribution in [3.05, 3.63) is 33.7 Å². The minimum Gasteiger partial charge on any atom is -0.393 e. The molecule has 5 heterocycles. The van der Waals surface area contributed by atoms with E-state index in [1.807, 2.05) is 0 Å². The third-order valence-corrected chi connectivity index (χ3v) is 7.04. The van der Waals surface area contributed by atoms with Gasteiger partial charge in [-0.1, -0.05) is 12.5 Å². The van der Waals surface area contributed by atoms with Gasteiger partial charge in [-0.3, -0.25) is 9.69 Å². The van der Waals surface area contributed by atoms with Crippen LogP contribution in [0.25, 0.3) is 0 Å². The Morgan fingerprint density at radius 3 is 2.72 bits per heavy atom. The molecule has 4 aliphatic heterocycles. The highest BCUT2D eigenvalue weighted by atomic mass is 16.3. The lowest BCUT2D eigenvalue weighted by atomic mass is 9.82. The molecule has 0 aliphatic carbocycles. The third-order valence-electron chi connectivity index (χ3n) is 7.04. The first-order chi connectivity index (χ1) is 12.2. The Morgan fingerprint density at radius 2 is 1.92 bits per heavy atom. The van der Waals surface area contributed by atoms with Gasteiger partial charge in [0.2, 0.25) is 0 Å². The Bertz CT molecular complexity index is 701. The molecule has 0 saturated carbocycles. The lowest BCUT2D eigenvalue weighted by Crippen LogP contribution is -2.53. The van der Waals surface area contributed by atoms with Gasteiger partial charge in [-0.05, 0) is 50.6 Å². The Labute approximate surface area is 149 Å².